The summed E-state index contributed by atoms with van der Waals surface area (Å²) in [5.41, 5.74) is 1.38. The number of nitrogens with one attached hydrogen (secondary N) is 1. The zero-order valence-electron chi connectivity index (χ0n) is 12.0. The smallest absolute Gasteiger partial charge is 0.0584 e. The first kappa shape index (κ1) is 14.9. The highest BCUT2D eigenvalue weighted by molar-refractivity contribution is 7.99. The molecule has 0 amide bonds. The number of benzene rings is 1. The molecule has 1 aromatic rings. The molecule has 2 nitrogen and oxygen atoms in total. The largest absolute Gasteiger partial charge is 0.378 e. The lowest BCUT2D eigenvalue weighted by Crippen LogP contribution is -2.17. The van der Waals surface area contributed by atoms with Crippen molar-refractivity contribution in [3.05, 3.63) is 29.8 Å². The number of hydrogen-bond donors (Lipinski definition) is 1. The van der Waals surface area contributed by atoms with Crippen LogP contribution >= 0.6 is 11.8 Å². The van der Waals surface area contributed by atoms with Crippen LogP contribution in [0.2, 0.25) is 0 Å². The van der Waals surface area contributed by atoms with Crippen LogP contribution in [0.15, 0.2) is 29.2 Å². The van der Waals surface area contributed by atoms with E-state index in [4.69, 9.17) is 4.74 Å². The van der Waals surface area contributed by atoms with E-state index in [1.54, 1.807) is 0 Å². The van der Waals surface area contributed by atoms with Crippen molar-refractivity contribution < 1.29 is 4.74 Å². The van der Waals surface area contributed by atoms with Crippen molar-refractivity contribution in [2.75, 3.05) is 18.9 Å². The van der Waals surface area contributed by atoms with Crippen LogP contribution in [0.3, 0.4) is 0 Å². The molecule has 1 fully saturated rings. The van der Waals surface area contributed by atoms with Gasteiger partial charge < -0.3 is 10.1 Å². The van der Waals surface area contributed by atoms with Crippen LogP contribution in [-0.4, -0.2) is 25.0 Å². The van der Waals surface area contributed by atoms with Crippen molar-refractivity contribution in [3.63, 3.8) is 0 Å². The highest BCUT2D eigenvalue weighted by Crippen LogP contribution is 2.25. The van der Waals surface area contributed by atoms with E-state index in [0.717, 1.165) is 18.9 Å². The molecule has 2 unspecified atom stereocenters. The van der Waals surface area contributed by atoms with Gasteiger partial charge in [0.1, 0.15) is 0 Å². The molecule has 0 aliphatic carbocycles. The molecule has 1 N–H and O–H groups in total. The SMILES string of the molecule is CCNC(C)c1cccc(SCCC2CCCO2)c1. The van der Waals surface area contributed by atoms with E-state index in [0.29, 0.717) is 12.1 Å². The normalized spacial score (nSPS) is 20.6. The van der Waals surface area contributed by atoms with Crippen molar-refractivity contribution in [3.8, 4) is 0 Å². The summed E-state index contributed by atoms with van der Waals surface area (Å²) >= 11 is 1.95. The molecule has 1 saturated heterocycles. The van der Waals surface area contributed by atoms with Crippen molar-refractivity contribution in [1.82, 2.24) is 5.32 Å². The fraction of sp³-hybridized carbons (Fsp3) is 0.625. The summed E-state index contributed by atoms with van der Waals surface area (Å²) in [6, 6.07) is 9.33. The summed E-state index contributed by atoms with van der Waals surface area (Å²) < 4.78 is 5.66. The molecule has 0 spiro atoms. The standard InChI is InChI=1S/C16H25NOS/c1-3-17-13(2)14-6-4-8-16(12-14)19-11-9-15-7-5-10-18-15/h4,6,8,12-13,15,17H,3,5,7,9-11H2,1-2H3. The van der Waals surface area contributed by atoms with Gasteiger partial charge in [-0.05, 0) is 50.4 Å². The first-order valence-corrected chi connectivity index (χ1v) is 8.36. The molecule has 2 atom stereocenters. The van der Waals surface area contributed by atoms with E-state index in [9.17, 15) is 0 Å². The van der Waals surface area contributed by atoms with E-state index in [1.807, 2.05) is 11.8 Å². The Labute approximate surface area is 121 Å². The highest BCUT2D eigenvalue weighted by Gasteiger charge is 2.14. The molecule has 1 aromatic carbocycles. The minimum Gasteiger partial charge on any atom is -0.378 e. The molecule has 3 heteroatoms. The molecule has 0 saturated carbocycles. The Hall–Kier alpha value is -0.510. The van der Waals surface area contributed by atoms with E-state index < -0.39 is 0 Å². The van der Waals surface area contributed by atoms with Crippen LogP contribution in [0.1, 0.15) is 44.7 Å². The number of rotatable bonds is 7. The Balaban J connectivity index is 1.80. The lowest BCUT2D eigenvalue weighted by molar-refractivity contribution is 0.109. The summed E-state index contributed by atoms with van der Waals surface area (Å²) in [6.07, 6.45) is 4.18. The van der Waals surface area contributed by atoms with E-state index in [1.165, 1.54) is 29.7 Å². The third kappa shape index (κ3) is 4.83. The highest BCUT2D eigenvalue weighted by atomic mass is 32.2. The van der Waals surface area contributed by atoms with Gasteiger partial charge in [0.05, 0.1) is 6.10 Å². The Bertz CT molecular complexity index is 377. The van der Waals surface area contributed by atoms with Crippen molar-refractivity contribution in [2.45, 2.75) is 50.2 Å². The maximum absolute atomic E-state index is 5.66. The number of hydrogen-bond acceptors (Lipinski definition) is 3. The van der Waals surface area contributed by atoms with Gasteiger partial charge in [0.25, 0.3) is 0 Å². The Morgan fingerprint density at radius 2 is 2.37 bits per heavy atom. The predicted molar refractivity (Wildman–Crippen MR) is 82.8 cm³/mol. The molecular formula is C16H25NOS. The third-order valence-corrected chi connectivity index (χ3v) is 4.63. The van der Waals surface area contributed by atoms with Gasteiger partial charge >= 0.3 is 0 Å². The maximum Gasteiger partial charge on any atom is 0.0584 e. The van der Waals surface area contributed by atoms with E-state index >= 15 is 0 Å². The first-order chi connectivity index (χ1) is 9.29. The molecule has 0 bridgehead atoms. The molecule has 1 aliphatic rings. The minimum atomic E-state index is 0.434. The van der Waals surface area contributed by atoms with Crippen molar-refractivity contribution in [2.24, 2.45) is 0 Å². The molecule has 1 heterocycles. The lowest BCUT2D eigenvalue weighted by atomic mass is 10.1. The van der Waals surface area contributed by atoms with Crippen molar-refractivity contribution in [1.29, 1.82) is 0 Å². The average molecular weight is 279 g/mol. The van der Waals surface area contributed by atoms with Gasteiger partial charge in [0, 0.05) is 23.3 Å². The second kappa shape index (κ2) is 7.93. The van der Waals surface area contributed by atoms with E-state index in [-0.39, 0.29) is 0 Å². The summed E-state index contributed by atoms with van der Waals surface area (Å²) in [5, 5.41) is 3.46. The first-order valence-electron chi connectivity index (χ1n) is 7.37. The lowest BCUT2D eigenvalue weighted by Gasteiger charge is -2.14. The molecule has 0 radical (unpaired) electrons. The summed E-state index contributed by atoms with van der Waals surface area (Å²) in [6.45, 7) is 6.35. The minimum absolute atomic E-state index is 0.434. The Kier molecular flexibility index (Phi) is 6.21. The van der Waals surface area contributed by atoms with Gasteiger partial charge in [-0.15, -0.1) is 11.8 Å². The van der Waals surface area contributed by atoms with Gasteiger partial charge in [0.15, 0.2) is 0 Å². The Morgan fingerprint density at radius 1 is 1.47 bits per heavy atom. The summed E-state index contributed by atoms with van der Waals surface area (Å²) in [7, 11) is 0. The van der Waals surface area contributed by atoms with Crippen LogP contribution in [0.5, 0.6) is 0 Å². The van der Waals surface area contributed by atoms with Crippen LogP contribution in [-0.2, 0) is 4.74 Å². The molecule has 106 valence electrons. The molecule has 19 heavy (non-hydrogen) atoms. The topological polar surface area (TPSA) is 21.3 Å². The summed E-state index contributed by atoms with van der Waals surface area (Å²) in [5.74, 6) is 1.16. The predicted octanol–water partition coefficient (Wildman–Crippen LogP) is 4.02. The van der Waals surface area contributed by atoms with Crippen molar-refractivity contribution >= 4 is 11.8 Å². The zero-order chi connectivity index (χ0) is 13.5. The zero-order valence-corrected chi connectivity index (χ0v) is 12.8. The van der Waals surface area contributed by atoms with Crippen LogP contribution < -0.4 is 5.32 Å². The fourth-order valence-corrected chi connectivity index (χ4v) is 3.49. The van der Waals surface area contributed by atoms with Gasteiger partial charge in [-0.1, -0.05) is 19.1 Å². The third-order valence-electron chi connectivity index (χ3n) is 3.60. The second-order valence-electron chi connectivity index (χ2n) is 5.12. The van der Waals surface area contributed by atoms with Crippen LogP contribution in [0.25, 0.3) is 0 Å². The van der Waals surface area contributed by atoms with Gasteiger partial charge in [-0.2, -0.15) is 0 Å². The van der Waals surface area contributed by atoms with Gasteiger partial charge in [-0.3, -0.25) is 0 Å². The van der Waals surface area contributed by atoms with Crippen LogP contribution in [0, 0.1) is 0 Å². The average Bonchev–Trinajstić information content (AvgIpc) is 2.93. The quantitative estimate of drug-likeness (QED) is 0.762. The van der Waals surface area contributed by atoms with Gasteiger partial charge in [0.2, 0.25) is 0 Å². The van der Waals surface area contributed by atoms with Crippen LogP contribution in [0.4, 0.5) is 0 Å². The second-order valence-corrected chi connectivity index (χ2v) is 6.29. The maximum atomic E-state index is 5.66. The molecular weight excluding hydrogens is 254 g/mol. The van der Waals surface area contributed by atoms with E-state index in [2.05, 4.69) is 43.4 Å². The van der Waals surface area contributed by atoms with Gasteiger partial charge in [-0.25, -0.2) is 0 Å². The number of ether oxygens (including phenoxy) is 1. The molecule has 1 aliphatic heterocycles. The fourth-order valence-electron chi connectivity index (χ4n) is 2.48. The molecule has 2 rings (SSSR count). The Morgan fingerprint density at radius 3 is 3.11 bits per heavy atom. The number of thioether (sulfide) groups is 1. The summed E-state index contributed by atoms with van der Waals surface area (Å²) in [4.78, 5) is 1.38. The molecule has 0 aromatic heterocycles. The monoisotopic (exact) mass is 279 g/mol.